The lowest BCUT2D eigenvalue weighted by atomic mass is 10.3. The molecule has 0 aromatic heterocycles. The first kappa shape index (κ1) is 10.2. The molecule has 1 aliphatic rings. The quantitative estimate of drug-likeness (QED) is 0.651. The molecule has 14 heavy (non-hydrogen) atoms. The molecule has 0 atom stereocenters. The van der Waals surface area contributed by atoms with Crippen LogP contribution in [0.2, 0.25) is 0 Å². The van der Waals surface area contributed by atoms with Gasteiger partial charge in [0.2, 0.25) is 0 Å². The summed E-state index contributed by atoms with van der Waals surface area (Å²) in [6.45, 7) is 2.39. The first-order valence-electron chi connectivity index (χ1n) is 5.79. The van der Waals surface area contributed by atoms with Crippen molar-refractivity contribution in [1.29, 1.82) is 0 Å². The molecule has 1 heterocycles. The monoisotopic (exact) mass is 207 g/mol. The molecule has 2 rings (SSSR count). The van der Waals surface area contributed by atoms with Crippen molar-refractivity contribution in [2.75, 3.05) is 18.5 Å². The van der Waals surface area contributed by atoms with E-state index in [0.717, 1.165) is 0 Å². The van der Waals surface area contributed by atoms with Crippen LogP contribution < -0.4 is 5.30 Å². The Bertz CT molecular complexity index is 273. The third-order valence-corrected chi connectivity index (χ3v) is 8.53. The first-order valence-corrected chi connectivity index (χ1v) is 8.13. The smallest absolute Gasteiger partial charge is 0.0620 e. The van der Waals surface area contributed by atoms with Crippen molar-refractivity contribution in [3.8, 4) is 0 Å². The molecule has 1 aromatic rings. The summed E-state index contributed by atoms with van der Waals surface area (Å²) in [7, 11) is -0.724. The Morgan fingerprint density at radius 3 is 2.21 bits per heavy atom. The van der Waals surface area contributed by atoms with E-state index in [2.05, 4.69) is 37.3 Å². The molecule has 0 nitrogen and oxygen atoms in total. The number of hydrogen-bond donors (Lipinski definition) is 0. The van der Waals surface area contributed by atoms with Crippen molar-refractivity contribution in [3.63, 3.8) is 0 Å². The van der Waals surface area contributed by atoms with Crippen LogP contribution in [-0.4, -0.2) is 18.5 Å². The van der Waals surface area contributed by atoms with E-state index in [1.54, 1.807) is 5.30 Å². The number of benzene rings is 1. The molecule has 0 unspecified atom stereocenters. The maximum absolute atomic E-state index is 2.39. The van der Waals surface area contributed by atoms with Crippen molar-refractivity contribution in [1.82, 2.24) is 0 Å². The lowest BCUT2D eigenvalue weighted by Gasteiger charge is -2.29. The Labute approximate surface area is 88.1 Å². The van der Waals surface area contributed by atoms with Gasteiger partial charge in [0.25, 0.3) is 0 Å². The highest BCUT2D eigenvalue weighted by Gasteiger charge is 2.38. The van der Waals surface area contributed by atoms with E-state index >= 15 is 0 Å². The lowest BCUT2D eigenvalue weighted by Crippen LogP contribution is -2.22. The Morgan fingerprint density at radius 2 is 1.64 bits per heavy atom. The van der Waals surface area contributed by atoms with Gasteiger partial charge >= 0.3 is 0 Å². The van der Waals surface area contributed by atoms with Crippen molar-refractivity contribution < 1.29 is 0 Å². The topological polar surface area (TPSA) is 0 Å². The van der Waals surface area contributed by atoms with Crippen LogP contribution in [0.5, 0.6) is 0 Å². The van der Waals surface area contributed by atoms with E-state index in [-0.39, 0.29) is 0 Å². The van der Waals surface area contributed by atoms with Crippen LogP contribution in [0, 0.1) is 0 Å². The highest BCUT2D eigenvalue weighted by atomic mass is 31.2. The number of hydrogen-bond acceptors (Lipinski definition) is 0. The normalized spacial score (nSPS) is 20.6. The van der Waals surface area contributed by atoms with Crippen LogP contribution >= 0.6 is 7.26 Å². The van der Waals surface area contributed by atoms with E-state index in [1.165, 1.54) is 37.7 Å². The summed E-state index contributed by atoms with van der Waals surface area (Å²) in [4.78, 5) is 0. The van der Waals surface area contributed by atoms with Gasteiger partial charge in [-0.05, 0) is 38.3 Å². The van der Waals surface area contributed by atoms with Crippen molar-refractivity contribution >= 4 is 12.6 Å². The minimum absolute atomic E-state index is 0.724. The maximum atomic E-state index is 2.39. The molecule has 0 aliphatic carbocycles. The van der Waals surface area contributed by atoms with Gasteiger partial charge in [0.1, 0.15) is 0 Å². The van der Waals surface area contributed by atoms with Gasteiger partial charge in [0.05, 0.1) is 23.8 Å². The van der Waals surface area contributed by atoms with E-state index in [4.69, 9.17) is 0 Å². The van der Waals surface area contributed by atoms with Crippen LogP contribution in [0.15, 0.2) is 30.3 Å². The standard InChI is InChI=1S/C13H20P/c1-2-14(11-7-4-8-12-14)13-9-5-3-6-10-13/h3,5-6,9-10H,2,4,7-8,11-12H2,1H3/q+1. The molecule has 0 bridgehead atoms. The van der Waals surface area contributed by atoms with Gasteiger partial charge in [0, 0.05) is 7.26 Å². The van der Waals surface area contributed by atoms with Crippen molar-refractivity contribution in [2.24, 2.45) is 0 Å². The second kappa shape index (κ2) is 4.45. The summed E-state index contributed by atoms with van der Waals surface area (Å²) in [5.41, 5.74) is 0. The van der Waals surface area contributed by atoms with E-state index < -0.39 is 7.26 Å². The Morgan fingerprint density at radius 1 is 1.00 bits per heavy atom. The average molecular weight is 207 g/mol. The predicted molar refractivity (Wildman–Crippen MR) is 67.1 cm³/mol. The fourth-order valence-electron chi connectivity index (χ4n) is 2.62. The van der Waals surface area contributed by atoms with Crippen molar-refractivity contribution in [2.45, 2.75) is 26.2 Å². The van der Waals surface area contributed by atoms with Crippen LogP contribution in [0.3, 0.4) is 0 Å². The van der Waals surface area contributed by atoms with Crippen LogP contribution in [-0.2, 0) is 0 Å². The van der Waals surface area contributed by atoms with Gasteiger partial charge in [-0.25, -0.2) is 0 Å². The molecule has 1 saturated heterocycles. The van der Waals surface area contributed by atoms with Crippen LogP contribution in [0.25, 0.3) is 0 Å². The van der Waals surface area contributed by atoms with Gasteiger partial charge in [-0.1, -0.05) is 18.2 Å². The molecule has 1 heteroatoms. The summed E-state index contributed by atoms with van der Waals surface area (Å²) in [5.74, 6) is 0. The third-order valence-electron chi connectivity index (χ3n) is 3.58. The Kier molecular flexibility index (Phi) is 3.23. The molecular weight excluding hydrogens is 187 g/mol. The summed E-state index contributed by atoms with van der Waals surface area (Å²) >= 11 is 0. The van der Waals surface area contributed by atoms with E-state index in [9.17, 15) is 0 Å². The summed E-state index contributed by atoms with van der Waals surface area (Å²) < 4.78 is 0. The molecule has 0 saturated carbocycles. The maximum Gasteiger partial charge on any atom is 0.0939 e. The second-order valence-corrected chi connectivity index (χ2v) is 8.64. The zero-order chi connectivity index (χ0) is 9.86. The zero-order valence-corrected chi connectivity index (χ0v) is 9.97. The van der Waals surface area contributed by atoms with E-state index in [0.29, 0.717) is 0 Å². The van der Waals surface area contributed by atoms with Gasteiger partial charge < -0.3 is 0 Å². The minimum atomic E-state index is -0.724. The summed E-state index contributed by atoms with van der Waals surface area (Å²) in [5, 5.41) is 1.68. The number of rotatable bonds is 2. The van der Waals surface area contributed by atoms with Crippen LogP contribution in [0.1, 0.15) is 26.2 Å². The molecule has 0 N–H and O–H groups in total. The van der Waals surface area contributed by atoms with Gasteiger partial charge in [-0.15, -0.1) is 0 Å². The average Bonchev–Trinajstić information content (AvgIpc) is 2.31. The first-order chi connectivity index (χ1) is 6.87. The summed E-state index contributed by atoms with van der Waals surface area (Å²) in [6.07, 6.45) is 8.83. The Hall–Kier alpha value is -0.350. The molecule has 0 spiro atoms. The molecule has 1 aliphatic heterocycles. The minimum Gasteiger partial charge on any atom is -0.0620 e. The van der Waals surface area contributed by atoms with Crippen LogP contribution in [0.4, 0.5) is 0 Å². The summed E-state index contributed by atoms with van der Waals surface area (Å²) in [6, 6.07) is 11.3. The van der Waals surface area contributed by atoms with Gasteiger partial charge in [0.15, 0.2) is 0 Å². The largest absolute Gasteiger partial charge is 0.0939 e. The van der Waals surface area contributed by atoms with Gasteiger partial charge in [-0.3, -0.25) is 0 Å². The van der Waals surface area contributed by atoms with Gasteiger partial charge in [-0.2, -0.15) is 0 Å². The zero-order valence-electron chi connectivity index (χ0n) is 9.08. The molecular formula is C13H20P+. The highest BCUT2D eigenvalue weighted by Crippen LogP contribution is 2.60. The fourth-order valence-corrected chi connectivity index (χ4v) is 6.82. The SMILES string of the molecule is CC[P+]1(c2ccccc2)CCCCC1. The lowest BCUT2D eigenvalue weighted by molar-refractivity contribution is 0.747. The highest BCUT2D eigenvalue weighted by molar-refractivity contribution is 7.82. The molecule has 1 aromatic carbocycles. The second-order valence-electron chi connectivity index (χ2n) is 4.30. The molecule has 0 amide bonds. The molecule has 0 radical (unpaired) electrons. The molecule has 76 valence electrons. The predicted octanol–water partition coefficient (Wildman–Crippen LogP) is 3.53. The Balaban J connectivity index is 2.27. The van der Waals surface area contributed by atoms with E-state index in [1.807, 2.05) is 0 Å². The van der Waals surface area contributed by atoms with Crippen molar-refractivity contribution in [3.05, 3.63) is 30.3 Å². The molecule has 1 fully saturated rings. The third kappa shape index (κ3) is 1.86. The fraction of sp³-hybridized carbons (Fsp3) is 0.538.